The summed E-state index contributed by atoms with van der Waals surface area (Å²) in [5, 5.41) is 1.34. The maximum atomic E-state index is 5.71. The second-order valence-corrected chi connectivity index (χ2v) is 3.29. The predicted octanol–water partition coefficient (Wildman–Crippen LogP) is 1.95. The third-order valence-electron chi connectivity index (χ3n) is 1.83. The second kappa shape index (κ2) is 3.55. The number of anilines is 1. The van der Waals surface area contributed by atoms with Gasteiger partial charge in [-0.3, -0.25) is 0 Å². The summed E-state index contributed by atoms with van der Waals surface area (Å²) in [6.45, 7) is 1.95. The molecule has 0 spiro atoms. The van der Waals surface area contributed by atoms with Crippen LogP contribution < -0.4 is 11.0 Å². The van der Waals surface area contributed by atoms with Gasteiger partial charge in [0.2, 0.25) is 12.3 Å². The first-order chi connectivity index (χ1) is 6.27. The third kappa shape index (κ3) is 1.78. The first-order valence-corrected chi connectivity index (χ1v) is 4.61. The van der Waals surface area contributed by atoms with Gasteiger partial charge in [0.15, 0.2) is 0 Å². The van der Waals surface area contributed by atoms with Crippen LogP contribution in [-0.2, 0) is 8.57 Å². The Morgan fingerprint density at radius 2 is 1.92 bits per heavy atom. The molecule has 0 saturated carbocycles. The number of rotatable bonds is 2. The van der Waals surface area contributed by atoms with Gasteiger partial charge in [0.05, 0.1) is 5.69 Å². The Balaban J connectivity index is 2.13. The summed E-state index contributed by atoms with van der Waals surface area (Å²) < 4.78 is 9.83. The predicted molar refractivity (Wildman–Crippen MR) is 51.3 cm³/mol. The topological polar surface area (TPSA) is 47.7 Å². The van der Waals surface area contributed by atoms with Gasteiger partial charge in [-0.1, -0.05) is 17.4 Å². The summed E-state index contributed by atoms with van der Waals surface area (Å²) in [6, 6.07) is 7.77. The van der Waals surface area contributed by atoms with Crippen molar-refractivity contribution in [2.45, 2.75) is 13.0 Å². The molecule has 1 aliphatic heterocycles. The van der Waals surface area contributed by atoms with Crippen molar-refractivity contribution in [3.8, 4) is 0 Å². The molecule has 1 saturated heterocycles. The van der Waals surface area contributed by atoms with Crippen molar-refractivity contribution in [1.29, 1.82) is 0 Å². The lowest BCUT2D eigenvalue weighted by molar-refractivity contribution is 0.0269. The van der Waals surface area contributed by atoms with Crippen molar-refractivity contribution in [1.82, 2.24) is 0 Å². The molecule has 70 valence electrons. The molecule has 5 heteroatoms. The average molecular weight is 198 g/mol. The number of nitrogens with two attached hydrogens (primary N) is 1. The van der Waals surface area contributed by atoms with E-state index in [1.807, 2.05) is 31.2 Å². The maximum absolute atomic E-state index is 5.71. The molecular weight excluding hydrogens is 188 g/mol. The quantitative estimate of drug-likeness (QED) is 0.736. The molecule has 13 heavy (non-hydrogen) atoms. The van der Waals surface area contributed by atoms with Crippen LogP contribution in [0.3, 0.4) is 0 Å². The Morgan fingerprint density at radius 3 is 2.31 bits per heavy atom. The lowest BCUT2D eigenvalue weighted by atomic mass is 10.1. The van der Waals surface area contributed by atoms with Gasteiger partial charge < -0.3 is 5.73 Å². The van der Waals surface area contributed by atoms with Crippen LogP contribution >= 0.6 is 12.3 Å². The minimum atomic E-state index is 0.0571. The molecule has 1 aromatic carbocycles. The number of hydrogen-bond donors (Lipinski definition) is 1. The lowest BCUT2D eigenvalue weighted by Crippen LogP contribution is -2.26. The molecule has 1 atom stereocenters. The molecule has 0 amide bonds. The van der Waals surface area contributed by atoms with Crippen molar-refractivity contribution in [2.75, 3.05) is 5.23 Å². The molecule has 1 aromatic rings. The highest BCUT2D eigenvalue weighted by atomic mass is 32.2. The molecule has 2 rings (SSSR count). The monoisotopic (exact) mass is 198 g/mol. The largest absolute Gasteiger partial charge is 0.324 e. The molecule has 1 fully saturated rings. The second-order valence-electron chi connectivity index (χ2n) is 2.85. The van der Waals surface area contributed by atoms with Crippen LogP contribution in [0.25, 0.3) is 0 Å². The highest BCUT2D eigenvalue weighted by Gasteiger charge is 2.19. The number of benzene rings is 1. The molecule has 2 N–H and O–H groups in total. The van der Waals surface area contributed by atoms with E-state index in [1.54, 1.807) is 0 Å². The van der Waals surface area contributed by atoms with Crippen LogP contribution in [0.2, 0.25) is 0 Å². The van der Waals surface area contributed by atoms with Gasteiger partial charge in [0.1, 0.15) is 0 Å². The fraction of sp³-hybridized carbons (Fsp3) is 0.250. The lowest BCUT2D eigenvalue weighted by Gasteiger charge is -2.26. The minimum Gasteiger partial charge on any atom is -0.324 e. The van der Waals surface area contributed by atoms with Crippen molar-refractivity contribution >= 4 is 18.0 Å². The Kier molecular flexibility index (Phi) is 2.41. The SMILES string of the molecule is C[C@H](N)c1ccc(N2OSO2)cc1. The van der Waals surface area contributed by atoms with Gasteiger partial charge in [0, 0.05) is 6.04 Å². The van der Waals surface area contributed by atoms with Gasteiger partial charge in [-0.2, -0.15) is 0 Å². The summed E-state index contributed by atoms with van der Waals surface area (Å²) in [5.41, 5.74) is 7.66. The molecule has 0 unspecified atom stereocenters. The van der Waals surface area contributed by atoms with Gasteiger partial charge in [-0.25, -0.2) is 0 Å². The molecule has 1 aliphatic rings. The van der Waals surface area contributed by atoms with Crippen molar-refractivity contribution in [3.63, 3.8) is 0 Å². The fourth-order valence-electron chi connectivity index (χ4n) is 1.05. The maximum Gasteiger partial charge on any atom is 0.217 e. The number of hydrogen-bond acceptors (Lipinski definition) is 5. The van der Waals surface area contributed by atoms with E-state index in [0.717, 1.165) is 23.6 Å². The van der Waals surface area contributed by atoms with E-state index in [2.05, 4.69) is 0 Å². The Hall–Kier alpha value is -0.750. The first-order valence-electron chi connectivity index (χ1n) is 3.94. The van der Waals surface area contributed by atoms with Crippen molar-refractivity contribution < 1.29 is 8.57 Å². The summed E-state index contributed by atoms with van der Waals surface area (Å²) in [5.74, 6) is 0. The Labute approximate surface area is 80.9 Å². The van der Waals surface area contributed by atoms with E-state index in [1.165, 1.54) is 5.23 Å². The standard InChI is InChI=1S/C8H10N2O2S/c1-6(9)7-2-4-8(5-3-7)10-11-13-12-10/h2-6H,9H2,1H3/t6-/m0/s1. The van der Waals surface area contributed by atoms with Crippen LogP contribution in [0.4, 0.5) is 5.69 Å². The average Bonchev–Trinajstić information content (AvgIpc) is 2.02. The minimum absolute atomic E-state index is 0.0571. The van der Waals surface area contributed by atoms with Crippen molar-refractivity contribution in [2.24, 2.45) is 5.73 Å². The third-order valence-corrected chi connectivity index (χ3v) is 2.22. The van der Waals surface area contributed by atoms with Gasteiger partial charge in [-0.15, -0.1) is 8.57 Å². The normalized spacial score (nSPS) is 18.2. The smallest absolute Gasteiger partial charge is 0.217 e. The van der Waals surface area contributed by atoms with Gasteiger partial charge >= 0.3 is 0 Å². The van der Waals surface area contributed by atoms with Gasteiger partial charge in [-0.05, 0) is 24.6 Å². The van der Waals surface area contributed by atoms with E-state index in [4.69, 9.17) is 14.3 Å². The zero-order chi connectivity index (χ0) is 9.26. The Bertz CT molecular complexity index is 285. The zero-order valence-corrected chi connectivity index (χ0v) is 7.95. The summed E-state index contributed by atoms with van der Waals surface area (Å²) in [4.78, 5) is 0. The first kappa shape index (κ1) is 8.83. The molecule has 0 bridgehead atoms. The molecule has 4 nitrogen and oxygen atoms in total. The molecule has 0 aliphatic carbocycles. The highest BCUT2D eigenvalue weighted by Crippen LogP contribution is 2.30. The molecular formula is C8H10N2O2S. The summed E-state index contributed by atoms with van der Waals surface area (Å²) in [7, 11) is 0. The van der Waals surface area contributed by atoms with Crippen molar-refractivity contribution in [3.05, 3.63) is 29.8 Å². The fourth-order valence-corrected chi connectivity index (χ4v) is 1.34. The zero-order valence-electron chi connectivity index (χ0n) is 7.14. The molecule has 0 aromatic heterocycles. The van der Waals surface area contributed by atoms with Crippen LogP contribution in [0, 0.1) is 0 Å². The summed E-state index contributed by atoms with van der Waals surface area (Å²) >= 11 is 0.952. The van der Waals surface area contributed by atoms with E-state index in [0.29, 0.717) is 0 Å². The van der Waals surface area contributed by atoms with Gasteiger partial charge in [0.25, 0.3) is 0 Å². The van der Waals surface area contributed by atoms with E-state index < -0.39 is 0 Å². The van der Waals surface area contributed by atoms with E-state index >= 15 is 0 Å². The summed E-state index contributed by atoms with van der Waals surface area (Å²) in [6.07, 6.45) is 0. The number of nitrogens with zero attached hydrogens (tertiary/aromatic N) is 1. The van der Waals surface area contributed by atoms with Crippen LogP contribution in [0.1, 0.15) is 18.5 Å². The molecule has 0 radical (unpaired) electrons. The highest BCUT2D eigenvalue weighted by molar-refractivity contribution is 7.90. The Morgan fingerprint density at radius 1 is 1.31 bits per heavy atom. The van der Waals surface area contributed by atoms with E-state index in [9.17, 15) is 0 Å². The van der Waals surface area contributed by atoms with Crippen LogP contribution in [0.5, 0.6) is 0 Å². The van der Waals surface area contributed by atoms with Crippen LogP contribution in [-0.4, -0.2) is 0 Å². The van der Waals surface area contributed by atoms with E-state index in [-0.39, 0.29) is 6.04 Å². The van der Waals surface area contributed by atoms with Crippen LogP contribution in [0.15, 0.2) is 24.3 Å². The molecule has 1 heterocycles.